The summed E-state index contributed by atoms with van der Waals surface area (Å²) in [5, 5.41) is 24.9. The van der Waals surface area contributed by atoms with Gasteiger partial charge < -0.3 is 19.7 Å². The average Bonchev–Trinajstić information content (AvgIpc) is 3.61. The molecule has 1 saturated carbocycles. The number of aryl methyl sites for hydroxylation is 1. The minimum Gasteiger partial charge on any atom is -0.462 e. The fraction of sp³-hybridized carbons (Fsp3) is 0.821. The first-order valence-corrected chi connectivity index (χ1v) is 14.3. The van der Waals surface area contributed by atoms with Gasteiger partial charge in [0.1, 0.15) is 11.9 Å². The zero-order chi connectivity index (χ0) is 26.6. The molecular formula is C28H43NO6S. The molecule has 3 fully saturated rings. The van der Waals surface area contributed by atoms with Gasteiger partial charge in [-0.05, 0) is 39.0 Å². The third-order valence-electron chi connectivity index (χ3n) is 9.42. The second-order valence-corrected chi connectivity index (χ2v) is 13.7. The zero-order valence-corrected chi connectivity index (χ0v) is 23.6. The Morgan fingerprint density at radius 2 is 1.81 bits per heavy atom. The molecule has 3 heterocycles. The second-order valence-electron chi connectivity index (χ2n) is 12.6. The van der Waals surface area contributed by atoms with Crippen molar-refractivity contribution < 1.29 is 29.3 Å². The highest BCUT2D eigenvalue weighted by molar-refractivity contribution is 7.09. The van der Waals surface area contributed by atoms with E-state index in [-0.39, 0.29) is 47.3 Å². The van der Waals surface area contributed by atoms with Crippen LogP contribution in [0.2, 0.25) is 0 Å². The molecule has 1 aliphatic carbocycles. The Hall–Kier alpha value is -1.35. The number of fused-ring (bicyclic) bond motifs is 1. The number of nitrogens with zero attached hydrogens (tertiary/aromatic N) is 1. The molecule has 2 saturated heterocycles. The SMILES string of the molecule is Cc1nc(C2CC2(C)[C@@H]2C[C@@H]3O[C@]3(C)CCC[C@H](C)[C@H](O)[C@@H](C)C(=O)C(C)(C)[C@@H](O)CC(=O)O2)cs1. The molecule has 36 heavy (non-hydrogen) atoms. The minimum atomic E-state index is -1.21. The van der Waals surface area contributed by atoms with E-state index < -0.39 is 29.5 Å². The standard InChI is InChI=1S/C28H43NO6S/c1-15-9-8-10-28(7)22(35-28)12-21(27(6)13-18(27)19-14-36-17(3)29-19)34-23(31)11-20(30)26(4,5)25(33)16(2)24(15)32/h14-16,18,20-22,24,30,32H,8-13H2,1-7H3/t15-,16+,18?,20-,21-,22-,24-,27?,28+/m0/s1. The maximum atomic E-state index is 13.3. The average molecular weight is 522 g/mol. The van der Waals surface area contributed by atoms with Gasteiger partial charge in [0.25, 0.3) is 0 Å². The van der Waals surface area contributed by atoms with E-state index in [1.165, 1.54) is 0 Å². The summed E-state index contributed by atoms with van der Waals surface area (Å²) in [6, 6.07) is 0. The van der Waals surface area contributed by atoms with Crippen LogP contribution in [0.25, 0.3) is 0 Å². The summed E-state index contributed by atoms with van der Waals surface area (Å²) in [6.45, 7) is 13.2. The lowest BCUT2D eigenvalue weighted by atomic mass is 9.73. The molecule has 0 radical (unpaired) electrons. The van der Waals surface area contributed by atoms with Gasteiger partial charge in [0, 0.05) is 29.1 Å². The van der Waals surface area contributed by atoms with Crippen molar-refractivity contribution in [1.82, 2.24) is 4.98 Å². The zero-order valence-electron chi connectivity index (χ0n) is 22.7. The number of rotatable bonds is 2. The molecule has 1 aromatic heterocycles. The van der Waals surface area contributed by atoms with E-state index in [9.17, 15) is 19.8 Å². The van der Waals surface area contributed by atoms with Crippen molar-refractivity contribution in [3.05, 3.63) is 16.1 Å². The number of carbonyl (C=O) groups excluding carboxylic acids is 2. The van der Waals surface area contributed by atoms with Crippen LogP contribution >= 0.6 is 11.3 Å². The summed E-state index contributed by atoms with van der Waals surface area (Å²) < 4.78 is 12.2. The van der Waals surface area contributed by atoms with Crippen molar-refractivity contribution in [3.8, 4) is 0 Å². The number of esters is 1. The molecule has 2 unspecified atom stereocenters. The highest BCUT2D eigenvalue weighted by Crippen LogP contribution is 2.63. The quantitative estimate of drug-likeness (QED) is 0.433. The van der Waals surface area contributed by atoms with Gasteiger partial charge in [-0.15, -0.1) is 11.3 Å². The van der Waals surface area contributed by atoms with E-state index in [1.54, 1.807) is 32.1 Å². The fourth-order valence-corrected chi connectivity index (χ4v) is 6.80. The lowest BCUT2D eigenvalue weighted by molar-refractivity contribution is -0.159. The van der Waals surface area contributed by atoms with Crippen LogP contribution in [0.3, 0.4) is 0 Å². The predicted octanol–water partition coefficient (Wildman–Crippen LogP) is 4.57. The van der Waals surface area contributed by atoms with Crippen LogP contribution in [0.5, 0.6) is 0 Å². The number of cyclic esters (lactones) is 1. The van der Waals surface area contributed by atoms with Crippen molar-refractivity contribution in [1.29, 1.82) is 0 Å². The number of ether oxygens (including phenoxy) is 2. The monoisotopic (exact) mass is 521 g/mol. The van der Waals surface area contributed by atoms with Gasteiger partial charge in [0.2, 0.25) is 0 Å². The molecule has 2 aliphatic heterocycles. The summed E-state index contributed by atoms with van der Waals surface area (Å²) in [5.41, 5.74) is -0.643. The van der Waals surface area contributed by atoms with Gasteiger partial charge >= 0.3 is 5.97 Å². The lowest BCUT2D eigenvalue weighted by Gasteiger charge is -2.35. The van der Waals surface area contributed by atoms with Crippen molar-refractivity contribution in [2.24, 2.45) is 22.7 Å². The van der Waals surface area contributed by atoms with Crippen molar-refractivity contribution in [2.45, 2.75) is 123 Å². The van der Waals surface area contributed by atoms with Crippen LogP contribution in [-0.2, 0) is 19.1 Å². The molecule has 0 aromatic carbocycles. The predicted molar refractivity (Wildman–Crippen MR) is 138 cm³/mol. The van der Waals surface area contributed by atoms with Crippen molar-refractivity contribution in [2.75, 3.05) is 0 Å². The highest BCUT2D eigenvalue weighted by Gasteiger charge is 2.62. The number of aliphatic hydroxyl groups excluding tert-OH is 2. The Morgan fingerprint density at radius 3 is 2.44 bits per heavy atom. The van der Waals surface area contributed by atoms with Crippen LogP contribution in [0.4, 0.5) is 0 Å². The minimum absolute atomic E-state index is 0.000506. The number of hydrogen-bond donors (Lipinski definition) is 2. The van der Waals surface area contributed by atoms with Crippen LogP contribution in [0.15, 0.2) is 5.38 Å². The molecule has 0 spiro atoms. The van der Waals surface area contributed by atoms with E-state index in [2.05, 4.69) is 24.2 Å². The summed E-state index contributed by atoms with van der Waals surface area (Å²) in [7, 11) is 0. The van der Waals surface area contributed by atoms with Gasteiger partial charge in [-0.1, -0.05) is 41.0 Å². The van der Waals surface area contributed by atoms with Gasteiger partial charge in [0.05, 0.1) is 46.5 Å². The molecule has 1 aromatic rings. The van der Waals surface area contributed by atoms with Gasteiger partial charge in [0.15, 0.2) is 0 Å². The largest absolute Gasteiger partial charge is 0.462 e. The first-order chi connectivity index (χ1) is 16.7. The number of aliphatic hydroxyl groups is 2. The molecule has 0 bridgehead atoms. The summed E-state index contributed by atoms with van der Waals surface area (Å²) >= 11 is 1.63. The summed E-state index contributed by atoms with van der Waals surface area (Å²) in [5.74, 6) is -1.23. The Kier molecular flexibility index (Phi) is 7.50. The third-order valence-corrected chi connectivity index (χ3v) is 10.2. The Bertz CT molecular complexity index is 992. The van der Waals surface area contributed by atoms with E-state index >= 15 is 0 Å². The Labute approximate surface area is 219 Å². The number of Topliss-reactive ketones (excluding diaryl/α,β-unsaturated/α-hetero) is 1. The van der Waals surface area contributed by atoms with Crippen LogP contribution < -0.4 is 0 Å². The molecular weight excluding hydrogens is 478 g/mol. The molecule has 8 heteroatoms. The normalized spacial score (nSPS) is 44.0. The molecule has 9 atom stereocenters. The van der Waals surface area contributed by atoms with Gasteiger partial charge in [-0.2, -0.15) is 0 Å². The van der Waals surface area contributed by atoms with E-state index in [4.69, 9.17) is 9.47 Å². The lowest BCUT2D eigenvalue weighted by Crippen LogP contribution is -2.46. The van der Waals surface area contributed by atoms with E-state index in [0.717, 1.165) is 36.4 Å². The number of ketones is 1. The molecule has 0 amide bonds. The van der Waals surface area contributed by atoms with E-state index in [0.29, 0.717) is 6.42 Å². The second kappa shape index (κ2) is 9.75. The molecule has 2 N–H and O–H groups in total. The first kappa shape index (κ1) is 27.7. The van der Waals surface area contributed by atoms with Crippen molar-refractivity contribution >= 4 is 23.1 Å². The van der Waals surface area contributed by atoms with E-state index in [1.807, 2.05) is 13.8 Å². The van der Waals surface area contributed by atoms with Crippen LogP contribution in [0.1, 0.15) is 96.7 Å². The molecule has 4 rings (SSSR count). The highest BCUT2D eigenvalue weighted by atomic mass is 32.1. The Balaban J connectivity index is 1.56. The summed E-state index contributed by atoms with van der Waals surface area (Å²) in [4.78, 5) is 31.1. The number of carbonyl (C=O) groups is 2. The number of thiazole rings is 1. The van der Waals surface area contributed by atoms with Gasteiger partial charge in [-0.3, -0.25) is 9.59 Å². The first-order valence-electron chi connectivity index (χ1n) is 13.4. The smallest absolute Gasteiger partial charge is 0.308 e. The Morgan fingerprint density at radius 1 is 1.11 bits per heavy atom. The van der Waals surface area contributed by atoms with Crippen molar-refractivity contribution in [3.63, 3.8) is 0 Å². The molecule has 3 aliphatic rings. The summed E-state index contributed by atoms with van der Waals surface area (Å²) in [6.07, 6.45) is 1.36. The van der Waals surface area contributed by atoms with Crippen LogP contribution in [0, 0.1) is 29.6 Å². The molecule has 7 nitrogen and oxygen atoms in total. The van der Waals surface area contributed by atoms with Crippen LogP contribution in [-0.4, -0.2) is 57.0 Å². The number of epoxide rings is 1. The molecule has 202 valence electrons. The topological polar surface area (TPSA) is 109 Å². The third kappa shape index (κ3) is 5.29. The van der Waals surface area contributed by atoms with Gasteiger partial charge in [-0.25, -0.2) is 4.98 Å². The number of aromatic nitrogens is 1. The fourth-order valence-electron chi connectivity index (χ4n) is 6.14. The maximum absolute atomic E-state index is 13.3. The maximum Gasteiger partial charge on any atom is 0.308 e. The number of hydrogen-bond acceptors (Lipinski definition) is 8.